The molecule has 2 aliphatic heterocycles. The van der Waals surface area contributed by atoms with Gasteiger partial charge in [0, 0.05) is 23.7 Å². The van der Waals surface area contributed by atoms with Crippen molar-refractivity contribution in [2.75, 3.05) is 6.26 Å². The van der Waals surface area contributed by atoms with E-state index in [1.165, 1.54) is 6.26 Å². The maximum absolute atomic E-state index is 13.4. The number of sulfone groups is 1. The Morgan fingerprint density at radius 3 is 2.12 bits per heavy atom. The van der Waals surface area contributed by atoms with E-state index in [0.717, 1.165) is 23.6 Å². The van der Waals surface area contributed by atoms with Crippen molar-refractivity contribution >= 4 is 30.6 Å². The molecule has 0 saturated carbocycles. The van der Waals surface area contributed by atoms with Gasteiger partial charge < -0.3 is 0 Å². The summed E-state index contributed by atoms with van der Waals surface area (Å²) in [5, 5.41) is 1.18. The van der Waals surface area contributed by atoms with E-state index in [4.69, 9.17) is 0 Å². The third kappa shape index (κ3) is 2.78. The zero-order valence-electron chi connectivity index (χ0n) is 14.0. The minimum atomic E-state index is -3.65. The number of benzene rings is 2. The van der Waals surface area contributed by atoms with Crippen LogP contribution in [0.3, 0.4) is 0 Å². The summed E-state index contributed by atoms with van der Waals surface area (Å²) in [5.41, 5.74) is 0. The fourth-order valence-electron chi connectivity index (χ4n) is 4.36. The van der Waals surface area contributed by atoms with Crippen molar-refractivity contribution in [1.29, 1.82) is 0 Å². The SMILES string of the molecule is CS(=O)(=O)C1CC2CCC(C1)N2S(=O)(=O)c1cccc2ccccc12. The van der Waals surface area contributed by atoms with Crippen molar-refractivity contribution in [3.63, 3.8) is 0 Å². The smallest absolute Gasteiger partial charge is 0.229 e. The zero-order valence-corrected chi connectivity index (χ0v) is 15.6. The molecule has 2 fully saturated rings. The molecule has 2 aromatic rings. The fourth-order valence-corrected chi connectivity index (χ4v) is 7.61. The predicted molar refractivity (Wildman–Crippen MR) is 97.6 cm³/mol. The first kappa shape index (κ1) is 17.0. The lowest BCUT2D eigenvalue weighted by Crippen LogP contribution is -2.49. The third-order valence-corrected chi connectivity index (χ3v) is 9.19. The highest BCUT2D eigenvalue weighted by atomic mass is 32.2. The van der Waals surface area contributed by atoms with E-state index in [9.17, 15) is 16.8 Å². The second-order valence-corrected chi connectivity index (χ2v) is 11.3. The van der Waals surface area contributed by atoms with Crippen LogP contribution in [0.2, 0.25) is 0 Å². The Kier molecular flexibility index (Phi) is 3.94. The monoisotopic (exact) mass is 379 g/mol. The van der Waals surface area contributed by atoms with Gasteiger partial charge in [-0.15, -0.1) is 0 Å². The van der Waals surface area contributed by atoms with Gasteiger partial charge in [0.1, 0.15) is 9.84 Å². The Labute approximate surface area is 148 Å². The molecular weight excluding hydrogens is 358 g/mol. The minimum absolute atomic E-state index is 0.220. The van der Waals surface area contributed by atoms with E-state index in [0.29, 0.717) is 17.7 Å². The molecule has 2 aromatic carbocycles. The normalized spacial score (nSPS) is 27.6. The second-order valence-electron chi connectivity index (χ2n) is 7.12. The maximum Gasteiger partial charge on any atom is 0.244 e. The molecule has 0 spiro atoms. The average Bonchev–Trinajstić information content (AvgIpc) is 2.84. The van der Waals surface area contributed by atoms with Crippen LogP contribution in [0.15, 0.2) is 47.4 Å². The summed E-state index contributed by atoms with van der Waals surface area (Å²) in [6.45, 7) is 0. The van der Waals surface area contributed by atoms with Crippen LogP contribution in [0.25, 0.3) is 10.8 Å². The van der Waals surface area contributed by atoms with Gasteiger partial charge in [-0.1, -0.05) is 36.4 Å². The van der Waals surface area contributed by atoms with Crippen molar-refractivity contribution in [2.24, 2.45) is 0 Å². The van der Waals surface area contributed by atoms with Crippen molar-refractivity contribution in [3.05, 3.63) is 42.5 Å². The molecule has 2 saturated heterocycles. The number of piperidine rings is 1. The molecule has 2 bridgehead atoms. The van der Waals surface area contributed by atoms with E-state index in [1.54, 1.807) is 16.4 Å². The molecule has 0 aliphatic carbocycles. The molecule has 0 radical (unpaired) electrons. The fraction of sp³-hybridized carbons (Fsp3) is 0.444. The van der Waals surface area contributed by atoms with Gasteiger partial charge in [-0.3, -0.25) is 0 Å². The minimum Gasteiger partial charge on any atom is -0.229 e. The number of fused-ring (bicyclic) bond motifs is 3. The number of rotatable bonds is 3. The van der Waals surface area contributed by atoms with Crippen LogP contribution >= 0.6 is 0 Å². The summed E-state index contributed by atoms with van der Waals surface area (Å²) in [6, 6.07) is 12.3. The molecule has 4 rings (SSSR count). The highest BCUT2D eigenvalue weighted by Crippen LogP contribution is 2.42. The molecule has 5 nitrogen and oxygen atoms in total. The number of nitrogens with zero attached hydrogens (tertiary/aromatic N) is 1. The zero-order chi connectivity index (χ0) is 17.8. The Bertz CT molecular complexity index is 1010. The van der Waals surface area contributed by atoms with Crippen LogP contribution in [0, 0.1) is 0 Å². The lowest BCUT2D eigenvalue weighted by molar-refractivity contribution is 0.249. The lowest BCUT2D eigenvalue weighted by Gasteiger charge is -2.37. The van der Waals surface area contributed by atoms with Crippen LogP contribution in [0.5, 0.6) is 0 Å². The van der Waals surface area contributed by atoms with Gasteiger partial charge >= 0.3 is 0 Å². The Morgan fingerprint density at radius 1 is 0.880 bits per heavy atom. The molecule has 2 heterocycles. The molecule has 0 amide bonds. The van der Waals surface area contributed by atoms with Gasteiger partial charge in [0.15, 0.2) is 0 Å². The third-order valence-electron chi connectivity index (χ3n) is 5.53. The molecule has 2 atom stereocenters. The van der Waals surface area contributed by atoms with Gasteiger partial charge in [-0.25, -0.2) is 16.8 Å². The molecule has 2 aliphatic rings. The topological polar surface area (TPSA) is 71.5 Å². The van der Waals surface area contributed by atoms with Crippen LogP contribution < -0.4 is 0 Å². The highest BCUT2D eigenvalue weighted by Gasteiger charge is 2.49. The Morgan fingerprint density at radius 2 is 1.48 bits per heavy atom. The summed E-state index contributed by atoms with van der Waals surface area (Å²) in [7, 11) is -6.80. The van der Waals surface area contributed by atoms with E-state index >= 15 is 0 Å². The highest BCUT2D eigenvalue weighted by molar-refractivity contribution is 7.91. The predicted octanol–water partition coefficient (Wildman–Crippen LogP) is 2.57. The van der Waals surface area contributed by atoms with E-state index in [-0.39, 0.29) is 12.1 Å². The molecule has 7 heteroatoms. The van der Waals surface area contributed by atoms with Gasteiger partial charge in [0.2, 0.25) is 10.0 Å². The van der Waals surface area contributed by atoms with Crippen molar-refractivity contribution in [3.8, 4) is 0 Å². The number of hydrogen-bond donors (Lipinski definition) is 0. The molecular formula is C18H21NO4S2. The van der Waals surface area contributed by atoms with Crippen molar-refractivity contribution in [2.45, 2.75) is 47.9 Å². The Hall–Kier alpha value is -1.44. The first-order valence-electron chi connectivity index (χ1n) is 8.48. The van der Waals surface area contributed by atoms with E-state index < -0.39 is 25.1 Å². The van der Waals surface area contributed by atoms with Crippen molar-refractivity contribution < 1.29 is 16.8 Å². The molecule has 2 unspecified atom stereocenters. The van der Waals surface area contributed by atoms with Gasteiger partial charge in [0.05, 0.1) is 10.1 Å². The summed E-state index contributed by atoms with van der Waals surface area (Å²) in [4.78, 5) is 0.320. The van der Waals surface area contributed by atoms with E-state index in [2.05, 4.69) is 0 Å². The molecule has 0 N–H and O–H groups in total. The van der Waals surface area contributed by atoms with Crippen molar-refractivity contribution in [1.82, 2.24) is 4.31 Å². The number of hydrogen-bond acceptors (Lipinski definition) is 4. The standard InChI is InChI=1S/C18H21NO4S2/c1-24(20,21)16-11-14-9-10-15(12-16)19(14)25(22,23)18-8-4-6-13-5-2-3-7-17(13)18/h2-8,14-16H,9-12H2,1H3. The molecule has 25 heavy (non-hydrogen) atoms. The average molecular weight is 380 g/mol. The van der Waals surface area contributed by atoms with Gasteiger partial charge in [-0.05, 0) is 37.1 Å². The summed E-state index contributed by atoms with van der Waals surface area (Å²) in [6.07, 6.45) is 3.53. The van der Waals surface area contributed by atoms with Gasteiger partial charge in [-0.2, -0.15) is 4.31 Å². The van der Waals surface area contributed by atoms with Crippen LogP contribution in [0.1, 0.15) is 25.7 Å². The first-order valence-corrected chi connectivity index (χ1v) is 11.9. The molecule has 0 aromatic heterocycles. The Balaban J connectivity index is 1.77. The molecule has 134 valence electrons. The maximum atomic E-state index is 13.4. The largest absolute Gasteiger partial charge is 0.244 e. The van der Waals surface area contributed by atoms with Crippen LogP contribution in [-0.4, -0.2) is 44.7 Å². The quantitative estimate of drug-likeness (QED) is 0.822. The van der Waals surface area contributed by atoms with Crippen LogP contribution in [-0.2, 0) is 19.9 Å². The van der Waals surface area contributed by atoms with Crippen LogP contribution in [0.4, 0.5) is 0 Å². The lowest BCUT2D eigenvalue weighted by atomic mass is 10.1. The first-order chi connectivity index (χ1) is 11.8. The van der Waals surface area contributed by atoms with E-state index in [1.807, 2.05) is 30.3 Å². The van der Waals surface area contributed by atoms with Gasteiger partial charge in [0.25, 0.3) is 0 Å². The summed E-state index contributed by atoms with van der Waals surface area (Å²) >= 11 is 0. The summed E-state index contributed by atoms with van der Waals surface area (Å²) in [5.74, 6) is 0. The second kappa shape index (κ2) is 5.79. The summed E-state index contributed by atoms with van der Waals surface area (Å²) < 4.78 is 52.3. The number of sulfonamides is 1.